The first-order chi connectivity index (χ1) is 9.22. The van der Waals surface area contributed by atoms with E-state index in [1.165, 1.54) is 43.5 Å². The van der Waals surface area contributed by atoms with Crippen molar-refractivity contribution in [2.75, 3.05) is 19.6 Å². The second-order valence-electron chi connectivity index (χ2n) is 5.85. The molecule has 2 rings (SSSR count). The van der Waals surface area contributed by atoms with E-state index in [0.29, 0.717) is 0 Å². The Kier molecular flexibility index (Phi) is 5.41. The zero-order valence-electron chi connectivity index (χ0n) is 12.4. The molecule has 1 saturated heterocycles. The largest absolute Gasteiger partial charge is 0.323 e. The molecule has 1 aliphatic rings. The van der Waals surface area contributed by atoms with Crippen LogP contribution in [0.15, 0.2) is 24.3 Å². The van der Waals surface area contributed by atoms with Crippen molar-refractivity contribution in [1.29, 1.82) is 0 Å². The minimum atomic E-state index is 0.157. The van der Waals surface area contributed by atoms with Crippen molar-refractivity contribution in [1.82, 2.24) is 4.90 Å². The third-order valence-electron chi connectivity index (χ3n) is 4.56. The number of hydrogen-bond acceptors (Lipinski definition) is 2. The molecule has 1 atom stereocenters. The first-order valence-electron chi connectivity index (χ1n) is 7.79. The average molecular weight is 260 g/mol. The average Bonchev–Trinajstić information content (AvgIpc) is 2.48. The number of aryl methyl sites for hydroxylation is 1. The normalized spacial score (nSPS) is 19.5. The Bertz CT molecular complexity index is 363. The third-order valence-corrected chi connectivity index (χ3v) is 4.56. The lowest BCUT2D eigenvalue weighted by molar-refractivity contribution is 0.173. The van der Waals surface area contributed by atoms with E-state index in [1.54, 1.807) is 0 Å². The van der Waals surface area contributed by atoms with Gasteiger partial charge in [0, 0.05) is 12.6 Å². The second kappa shape index (κ2) is 7.06. The highest BCUT2D eigenvalue weighted by Gasteiger charge is 2.19. The molecule has 0 spiro atoms. The van der Waals surface area contributed by atoms with Gasteiger partial charge < -0.3 is 10.6 Å². The molecule has 2 N–H and O–H groups in total. The molecule has 1 fully saturated rings. The van der Waals surface area contributed by atoms with Crippen LogP contribution in [0.2, 0.25) is 0 Å². The van der Waals surface area contributed by atoms with E-state index < -0.39 is 0 Å². The fourth-order valence-electron chi connectivity index (χ4n) is 2.96. The molecule has 1 aromatic carbocycles. The Balaban J connectivity index is 1.85. The van der Waals surface area contributed by atoms with Gasteiger partial charge in [-0.3, -0.25) is 0 Å². The van der Waals surface area contributed by atoms with Crippen molar-refractivity contribution >= 4 is 0 Å². The lowest BCUT2D eigenvalue weighted by Gasteiger charge is -2.33. The lowest BCUT2D eigenvalue weighted by atomic mass is 9.94. The molecule has 0 bridgehead atoms. The maximum Gasteiger partial charge on any atom is 0.0424 e. The van der Waals surface area contributed by atoms with Gasteiger partial charge in [-0.2, -0.15) is 0 Å². The summed E-state index contributed by atoms with van der Waals surface area (Å²) in [4.78, 5) is 2.53. The molecular formula is C17H28N2. The fourth-order valence-corrected chi connectivity index (χ4v) is 2.96. The van der Waals surface area contributed by atoms with Gasteiger partial charge in [-0.15, -0.1) is 0 Å². The van der Waals surface area contributed by atoms with Gasteiger partial charge in [-0.25, -0.2) is 0 Å². The number of nitrogens with two attached hydrogens (primary N) is 1. The fraction of sp³-hybridized carbons (Fsp3) is 0.647. The van der Waals surface area contributed by atoms with Crippen LogP contribution < -0.4 is 5.73 Å². The minimum absolute atomic E-state index is 0.157. The van der Waals surface area contributed by atoms with Crippen LogP contribution in [-0.2, 0) is 6.42 Å². The van der Waals surface area contributed by atoms with Crippen LogP contribution in [0.1, 0.15) is 50.3 Å². The van der Waals surface area contributed by atoms with Gasteiger partial charge in [-0.05, 0) is 49.4 Å². The van der Waals surface area contributed by atoms with E-state index in [4.69, 9.17) is 5.73 Å². The van der Waals surface area contributed by atoms with Crippen molar-refractivity contribution in [2.24, 2.45) is 11.7 Å². The van der Waals surface area contributed by atoms with Crippen molar-refractivity contribution < 1.29 is 0 Å². The molecule has 0 aromatic heterocycles. The summed E-state index contributed by atoms with van der Waals surface area (Å²) in [5.41, 5.74) is 9.00. The van der Waals surface area contributed by atoms with Crippen molar-refractivity contribution in [2.45, 2.75) is 45.6 Å². The molecule has 1 unspecified atom stereocenters. The number of likely N-dealkylation sites (tertiary alicyclic amines) is 1. The van der Waals surface area contributed by atoms with E-state index >= 15 is 0 Å². The molecule has 0 saturated carbocycles. The van der Waals surface area contributed by atoms with Crippen molar-refractivity contribution in [3.8, 4) is 0 Å². The summed E-state index contributed by atoms with van der Waals surface area (Å²) >= 11 is 0. The number of rotatable bonds is 5. The molecule has 0 radical (unpaired) electrons. The predicted octanol–water partition coefficient (Wildman–Crippen LogP) is 3.37. The van der Waals surface area contributed by atoms with Gasteiger partial charge in [0.1, 0.15) is 0 Å². The second-order valence-corrected chi connectivity index (χ2v) is 5.85. The van der Waals surface area contributed by atoms with Crippen LogP contribution in [0.3, 0.4) is 0 Å². The van der Waals surface area contributed by atoms with Crippen LogP contribution in [0.25, 0.3) is 0 Å². The molecular weight excluding hydrogens is 232 g/mol. The molecule has 106 valence electrons. The Morgan fingerprint density at radius 2 is 1.79 bits per heavy atom. The van der Waals surface area contributed by atoms with Gasteiger partial charge in [0.15, 0.2) is 0 Å². The quantitative estimate of drug-likeness (QED) is 0.879. The zero-order valence-corrected chi connectivity index (χ0v) is 12.4. The van der Waals surface area contributed by atoms with Crippen LogP contribution >= 0.6 is 0 Å². The lowest BCUT2D eigenvalue weighted by Crippen LogP contribution is -2.38. The SMILES string of the molecule is CCc1ccc(C(N)CN2CCC(CC)CC2)cc1. The molecule has 0 amide bonds. The highest BCUT2D eigenvalue weighted by molar-refractivity contribution is 5.25. The Hall–Kier alpha value is -0.860. The topological polar surface area (TPSA) is 29.3 Å². The van der Waals surface area contributed by atoms with E-state index in [2.05, 4.69) is 43.0 Å². The van der Waals surface area contributed by atoms with Crippen LogP contribution in [0.4, 0.5) is 0 Å². The Morgan fingerprint density at radius 1 is 1.16 bits per heavy atom. The monoisotopic (exact) mass is 260 g/mol. The van der Waals surface area contributed by atoms with Gasteiger partial charge in [0.25, 0.3) is 0 Å². The molecule has 19 heavy (non-hydrogen) atoms. The highest BCUT2D eigenvalue weighted by Crippen LogP contribution is 2.22. The van der Waals surface area contributed by atoms with E-state index in [0.717, 1.165) is 18.9 Å². The van der Waals surface area contributed by atoms with Crippen molar-refractivity contribution in [3.63, 3.8) is 0 Å². The van der Waals surface area contributed by atoms with Gasteiger partial charge in [-0.1, -0.05) is 44.5 Å². The van der Waals surface area contributed by atoms with E-state index in [1.807, 2.05) is 0 Å². The standard InChI is InChI=1S/C17H28N2/c1-3-14-5-7-16(8-6-14)17(18)13-19-11-9-15(4-2)10-12-19/h5-8,15,17H,3-4,9-13,18H2,1-2H3. The molecule has 1 aliphatic heterocycles. The Morgan fingerprint density at radius 3 is 2.32 bits per heavy atom. The summed E-state index contributed by atoms with van der Waals surface area (Å²) in [6.45, 7) is 7.94. The summed E-state index contributed by atoms with van der Waals surface area (Å²) in [6, 6.07) is 8.96. The van der Waals surface area contributed by atoms with E-state index in [-0.39, 0.29) is 6.04 Å². The summed E-state index contributed by atoms with van der Waals surface area (Å²) in [7, 11) is 0. The number of benzene rings is 1. The number of nitrogens with zero attached hydrogens (tertiary/aromatic N) is 1. The summed E-state index contributed by atoms with van der Waals surface area (Å²) < 4.78 is 0. The highest BCUT2D eigenvalue weighted by atomic mass is 15.1. The maximum absolute atomic E-state index is 6.34. The van der Waals surface area contributed by atoms with Crippen molar-refractivity contribution in [3.05, 3.63) is 35.4 Å². The number of hydrogen-bond donors (Lipinski definition) is 1. The number of piperidine rings is 1. The third kappa shape index (κ3) is 4.05. The van der Waals surface area contributed by atoms with Gasteiger partial charge in [0.2, 0.25) is 0 Å². The zero-order chi connectivity index (χ0) is 13.7. The summed E-state index contributed by atoms with van der Waals surface area (Å²) in [6.07, 6.45) is 5.12. The van der Waals surface area contributed by atoms with Gasteiger partial charge in [0.05, 0.1) is 0 Å². The Labute approximate surface area is 118 Å². The molecule has 0 aliphatic carbocycles. The predicted molar refractivity (Wildman–Crippen MR) is 82.2 cm³/mol. The smallest absolute Gasteiger partial charge is 0.0424 e. The van der Waals surface area contributed by atoms with Crippen LogP contribution in [-0.4, -0.2) is 24.5 Å². The molecule has 1 heterocycles. The minimum Gasteiger partial charge on any atom is -0.323 e. The summed E-state index contributed by atoms with van der Waals surface area (Å²) in [5, 5.41) is 0. The first kappa shape index (κ1) is 14.5. The van der Waals surface area contributed by atoms with Crippen LogP contribution in [0, 0.1) is 5.92 Å². The molecule has 2 nitrogen and oxygen atoms in total. The van der Waals surface area contributed by atoms with Crippen LogP contribution in [0.5, 0.6) is 0 Å². The maximum atomic E-state index is 6.34. The first-order valence-corrected chi connectivity index (χ1v) is 7.79. The van der Waals surface area contributed by atoms with E-state index in [9.17, 15) is 0 Å². The molecule has 1 aromatic rings. The summed E-state index contributed by atoms with van der Waals surface area (Å²) in [5.74, 6) is 0.941. The molecule has 2 heteroatoms. The van der Waals surface area contributed by atoms with Gasteiger partial charge >= 0.3 is 0 Å².